The van der Waals surface area contributed by atoms with Crippen LogP contribution in [0.15, 0.2) is 48.5 Å². The fraction of sp³-hybridized carbons (Fsp3) is 0.400. The number of benzene rings is 2. The number of ether oxygens (including phenoxy) is 1. The van der Waals surface area contributed by atoms with Crippen LogP contribution in [0.2, 0.25) is 0 Å². The summed E-state index contributed by atoms with van der Waals surface area (Å²) in [6, 6.07) is 14.8. The third-order valence-corrected chi connectivity index (χ3v) is 7.09. The summed E-state index contributed by atoms with van der Waals surface area (Å²) in [5, 5.41) is 11.7. The molecule has 0 spiro atoms. The second kappa shape index (κ2) is 10.3. The Morgan fingerprint density at radius 3 is 2.15 bits per heavy atom. The quantitative estimate of drug-likeness (QED) is 0.576. The molecule has 0 fully saturated rings. The summed E-state index contributed by atoms with van der Waals surface area (Å²) in [5.41, 5.74) is 4.37. The van der Waals surface area contributed by atoms with Gasteiger partial charge in [-0.15, -0.1) is 0 Å². The Labute approximate surface area is 198 Å². The first-order valence-corrected chi connectivity index (χ1v) is 12.0. The molecule has 1 unspecified atom stereocenters. The van der Waals surface area contributed by atoms with E-state index in [9.17, 15) is 19.5 Å². The number of fused-ring (bicyclic) bond motifs is 3. The molecule has 0 bridgehead atoms. The number of carbonyl (C=O) groups excluding carboxylic acids is 2. The Morgan fingerprint density at radius 2 is 1.64 bits per heavy atom. The van der Waals surface area contributed by atoms with Gasteiger partial charge in [0.15, 0.2) is 0 Å². The molecule has 2 amide bonds. The SMILES string of the molecule is CSC(C)(C)CN(C)C(=O)C(CC(=O)O)NC(=O)OCC1c2ccccc2-c2ccccc21. The van der Waals surface area contributed by atoms with Crippen molar-refractivity contribution in [3.05, 3.63) is 59.7 Å². The third-order valence-electron chi connectivity index (χ3n) is 5.86. The van der Waals surface area contributed by atoms with E-state index < -0.39 is 30.4 Å². The lowest BCUT2D eigenvalue weighted by atomic mass is 9.98. The van der Waals surface area contributed by atoms with Crippen molar-refractivity contribution in [1.82, 2.24) is 10.2 Å². The van der Waals surface area contributed by atoms with E-state index in [4.69, 9.17) is 4.74 Å². The highest BCUT2D eigenvalue weighted by molar-refractivity contribution is 7.99. The fourth-order valence-electron chi connectivity index (χ4n) is 4.14. The van der Waals surface area contributed by atoms with Crippen molar-refractivity contribution in [3.63, 3.8) is 0 Å². The van der Waals surface area contributed by atoms with E-state index in [1.54, 1.807) is 18.8 Å². The predicted molar refractivity (Wildman–Crippen MR) is 129 cm³/mol. The molecule has 8 heteroatoms. The maximum absolute atomic E-state index is 12.9. The molecule has 0 aromatic heterocycles. The van der Waals surface area contributed by atoms with Crippen molar-refractivity contribution in [2.24, 2.45) is 0 Å². The number of carbonyl (C=O) groups is 3. The zero-order valence-corrected chi connectivity index (χ0v) is 20.1. The lowest BCUT2D eigenvalue weighted by molar-refractivity contribution is -0.142. The Balaban J connectivity index is 1.68. The number of carboxylic acids is 1. The summed E-state index contributed by atoms with van der Waals surface area (Å²) in [6.45, 7) is 4.48. The second-order valence-corrected chi connectivity index (χ2v) is 10.3. The van der Waals surface area contributed by atoms with Crippen LogP contribution >= 0.6 is 11.8 Å². The Kier molecular flexibility index (Phi) is 7.68. The summed E-state index contributed by atoms with van der Waals surface area (Å²) in [4.78, 5) is 38.2. The highest BCUT2D eigenvalue weighted by atomic mass is 32.2. The largest absolute Gasteiger partial charge is 0.481 e. The molecule has 0 saturated carbocycles. The number of hydrogen-bond donors (Lipinski definition) is 2. The zero-order chi connectivity index (χ0) is 24.2. The normalized spacial score (nSPS) is 13.6. The number of likely N-dealkylation sites (N-methyl/N-ethyl adjacent to an activating group) is 1. The van der Waals surface area contributed by atoms with E-state index in [-0.39, 0.29) is 17.3 Å². The number of thioether (sulfide) groups is 1. The standard InChI is InChI=1S/C25H30N2O5S/c1-25(2,33-4)15-27(3)23(30)21(13-22(28)29)26-24(31)32-14-20-18-11-7-5-9-16(18)17-10-6-8-12-19(17)20/h5-12,20-21H,13-15H2,1-4H3,(H,26,31)(H,28,29). The monoisotopic (exact) mass is 470 g/mol. The molecule has 33 heavy (non-hydrogen) atoms. The zero-order valence-electron chi connectivity index (χ0n) is 19.3. The van der Waals surface area contributed by atoms with E-state index in [0.717, 1.165) is 22.3 Å². The van der Waals surface area contributed by atoms with Gasteiger partial charge >= 0.3 is 12.1 Å². The van der Waals surface area contributed by atoms with Gasteiger partial charge in [0.2, 0.25) is 5.91 Å². The molecule has 1 aliphatic carbocycles. The molecule has 1 aliphatic rings. The van der Waals surface area contributed by atoms with Crippen LogP contribution in [0.1, 0.15) is 37.3 Å². The minimum absolute atomic E-state index is 0.0865. The van der Waals surface area contributed by atoms with Crippen molar-refractivity contribution < 1.29 is 24.2 Å². The van der Waals surface area contributed by atoms with E-state index in [1.807, 2.05) is 68.6 Å². The Hall–Kier alpha value is -3.00. The molecule has 2 N–H and O–H groups in total. The highest BCUT2D eigenvalue weighted by Crippen LogP contribution is 2.44. The van der Waals surface area contributed by atoms with Gasteiger partial charge in [-0.2, -0.15) is 11.8 Å². The molecule has 0 radical (unpaired) electrons. The minimum Gasteiger partial charge on any atom is -0.481 e. The number of rotatable bonds is 9. The first kappa shape index (κ1) is 24.6. The van der Waals surface area contributed by atoms with Gasteiger partial charge in [0, 0.05) is 24.3 Å². The van der Waals surface area contributed by atoms with E-state index in [0.29, 0.717) is 6.54 Å². The maximum atomic E-state index is 12.9. The molecule has 0 heterocycles. The van der Waals surface area contributed by atoms with Crippen LogP contribution < -0.4 is 5.32 Å². The molecule has 2 aromatic rings. The van der Waals surface area contributed by atoms with Crippen LogP contribution in [0, 0.1) is 0 Å². The number of aliphatic carboxylic acids is 1. The van der Waals surface area contributed by atoms with Crippen LogP contribution in [0.4, 0.5) is 4.79 Å². The summed E-state index contributed by atoms with van der Waals surface area (Å²) in [5.74, 6) is -1.76. The van der Waals surface area contributed by atoms with Crippen molar-refractivity contribution >= 4 is 29.7 Å². The Bertz CT molecular complexity index is 993. The molecule has 0 saturated heterocycles. The predicted octanol–water partition coefficient (Wildman–Crippen LogP) is 3.97. The summed E-state index contributed by atoms with van der Waals surface area (Å²) in [6.07, 6.45) is 0.615. The van der Waals surface area contributed by atoms with Gasteiger partial charge in [-0.25, -0.2) is 4.79 Å². The van der Waals surface area contributed by atoms with Gasteiger partial charge in [-0.1, -0.05) is 48.5 Å². The average Bonchev–Trinajstić information content (AvgIpc) is 3.10. The van der Waals surface area contributed by atoms with Gasteiger partial charge in [-0.05, 0) is 42.4 Å². The maximum Gasteiger partial charge on any atom is 0.407 e. The molecule has 1 atom stereocenters. The fourth-order valence-corrected chi connectivity index (χ4v) is 4.46. The lowest BCUT2D eigenvalue weighted by Crippen LogP contribution is -2.51. The number of hydrogen-bond acceptors (Lipinski definition) is 5. The third kappa shape index (κ3) is 5.87. The Morgan fingerprint density at radius 1 is 1.09 bits per heavy atom. The van der Waals surface area contributed by atoms with Crippen LogP contribution in [-0.4, -0.2) is 65.2 Å². The molecule has 2 aromatic carbocycles. The van der Waals surface area contributed by atoms with Gasteiger partial charge < -0.3 is 20.1 Å². The van der Waals surface area contributed by atoms with Crippen LogP contribution in [-0.2, 0) is 14.3 Å². The second-order valence-electron chi connectivity index (χ2n) is 8.78. The number of carboxylic acid groups (broad SMARTS) is 1. The van der Waals surface area contributed by atoms with Crippen molar-refractivity contribution in [1.29, 1.82) is 0 Å². The topological polar surface area (TPSA) is 95.9 Å². The summed E-state index contributed by atoms with van der Waals surface area (Å²) >= 11 is 1.60. The highest BCUT2D eigenvalue weighted by Gasteiger charge is 2.32. The van der Waals surface area contributed by atoms with Gasteiger partial charge in [0.25, 0.3) is 0 Å². The van der Waals surface area contributed by atoms with Crippen LogP contribution in [0.5, 0.6) is 0 Å². The number of amides is 2. The van der Waals surface area contributed by atoms with E-state index >= 15 is 0 Å². The number of alkyl carbamates (subject to hydrolysis) is 1. The van der Waals surface area contributed by atoms with Gasteiger partial charge in [0.05, 0.1) is 6.42 Å². The first-order chi connectivity index (χ1) is 15.6. The average molecular weight is 471 g/mol. The van der Waals surface area contributed by atoms with Crippen LogP contribution in [0.25, 0.3) is 11.1 Å². The van der Waals surface area contributed by atoms with Crippen molar-refractivity contribution in [2.75, 3.05) is 26.5 Å². The van der Waals surface area contributed by atoms with E-state index in [2.05, 4.69) is 5.32 Å². The van der Waals surface area contributed by atoms with Gasteiger partial charge in [0.1, 0.15) is 12.6 Å². The molecule has 3 rings (SSSR count). The molecular weight excluding hydrogens is 440 g/mol. The van der Waals surface area contributed by atoms with Crippen molar-refractivity contribution in [2.45, 2.75) is 37.0 Å². The van der Waals surface area contributed by atoms with Gasteiger partial charge in [-0.3, -0.25) is 9.59 Å². The number of nitrogens with one attached hydrogen (secondary N) is 1. The molecule has 7 nitrogen and oxygen atoms in total. The molecule has 176 valence electrons. The number of nitrogens with zero attached hydrogens (tertiary/aromatic N) is 1. The minimum atomic E-state index is -1.21. The smallest absolute Gasteiger partial charge is 0.407 e. The molecular formula is C25H30N2O5S. The first-order valence-electron chi connectivity index (χ1n) is 10.8. The van der Waals surface area contributed by atoms with E-state index in [1.165, 1.54) is 4.90 Å². The van der Waals surface area contributed by atoms with Crippen LogP contribution in [0.3, 0.4) is 0 Å². The summed E-state index contributed by atoms with van der Waals surface area (Å²) < 4.78 is 5.28. The molecule has 0 aliphatic heterocycles. The lowest BCUT2D eigenvalue weighted by Gasteiger charge is -2.31. The van der Waals surface area contributed by atoms with Crippen molar-refractivity contribution in [3.8, 4) is 11.1 Å². The summed E-state index contributed by atoms with van der Waals surface area (Å²) in [7, 11) is 1.61.